The Kier molecular flexibility index (Phi) is 5.09. The number of nitrogens with zero attached hydrogens (tertiary/aromatic N) is 3. The van der Waals surface area contributed by atoms with Crippen LogP contribution in [0.4, 0.5) is 18.9 Å². The van der Waals surface area contributed by atoms with Crippen molar-refractivity contribution in [2.75, 3.05) is 5.32 Å². The number of alkyl halides is 3. The number of amides is 1. The average molecular weight is 360 g/mol. The van der Waals surface area contributed by atoms with E-state index in [0.717, 1.165) is 0 Å². The molecule has 0 aliphatic heterocycles. The van der Waals surface area contributed by atoms with E-state index in [1.165, 1.54) is 17.8 Å². The number of carbonyl (C=O) groups is 1. The van der Waals surface area contributed by atoms with Crippen molar-refractivity contribution in [2.45, 2.75) is 40.0 Å². The van der Waals surface area contributed by atoms with Crippen LogP contribution in [0.3, 0.4) is 0 Å². The summed E-state index contributed by atoms with van der Waals surface area (Å²) in [5.74, 6) is -2.47. The minimum absolute atomic E-state index is 0.160. The first kappa shape index (κ1) is 18.8. The third kappa shape index (κ3) is 4.31. The lowest BCUT2D eigenvalue weighted by atomic mass is 10.1. The second-order valence-corrected chi connectivity index (χ2v) is 5.97. The van der Waals surface area contributed by atoms with Gasteiger partial charge in [-0.05, 0) is 19.8 Å². The SMILES string of the molecule is Cc1nc(C(F)(F)F)oc1C(=O)Nc1cn(C)nc1OC(C)C(C)C. The molecule has 2 rings (SSSR count). The number of halogens is 3. The van der Waals surface area contributed by atoms with Gasteiger partial charge < -0.3 is 14.5 Å². The highest BCUT2D eigenvalue weighted by molar-refractivity contribution is 6.03. The van der Waals surface area contributed by atoms with Crippen molar-refractivity contribution in [1.82, 2.24) is 14.8 Å². The van der Waals surface area contributed by atoms with Gasteiger partial charge in [-0.1, -0.05) is 13.8 Å². The van der Waals surface area contributed by atoms with Crippen molar-refractivity contribution in [2.24, 2.45) is 13.0 Å². The van der Waals surface area contributed by atoms with Gasteiger partial charge in [-0.25, -0.2) is 4.98 Å². The molecule has 0 saturated carbocycles. The van der Waals surface area contributed by atoms with E-state index in [-0.39, 0.29) is 29.3 Å². The maximum absolute atomic E-state index is 12.6. The minimum Gasteiger partial charge on any atom is -0.472 e. The molecule has 1 atom stereocenters. The van der Waals surface area contributed by atoms with Gasteiger partial charge in [-0.3, -0.25) is 9.48 Å². The zero-order valence-corrected chi connectivity index (χ0v) is 14.4. The predicted molar refractivity (Wildman–Crippen MR) is 82.3 cm³/mol. The van der Waals surface area contributed by atoms with Crippen LogP contribution >= 0.6 is 0 Å². The predicted octanol–water partition coefficient (Wildman–Crippen LogP) is 3.41. The fraction of sp³-hybridized carbons (Fsp3) is 0.533. The molecule has 1 unspecified atom stereocenters. The van der Waals surface area contributed by atoms with E-state index >= 15 is 0 Å². The summed E-state index contributed by atoms with van der Waals surface area (Å²) in [5, 5.41) is 6.55. The Morgan fingerprint density at radius 3 is 2.52 bits per heavy atom. The number of nitrogens with one attached hydrogen (secondary N) is 1. The first-order valence-corrected chi connectivity index (χ1v) is 7.55. The van der Waals surface area contributed by atoms with Gasteiger partial charge in [0.1, 0.15) is 11.8 Å². The van der Waals surface area contributed by atoms with E-state index < -0.39 is 23.7 Å². The van der Waals surface area contributed by atoms with Gasteiger partial charge in [0.2, 0.25) is 5.76 Å². The van der Waals surface area contributed by atoms with Gasteiger partial charge in [0.25, 0.3) is 11.8 Å². The molecular formula is C15H19F3N4O3. The molecule has 0 radical (unpaired) electrons. The van der Waals surface area contributed by atoms with Crippen LogP contribution in [-0.2, 0) is 13.2 Å². The molecular weight excluding hydrogens is 341 g/mol. The lowest BCUT2D eigenvalue weighted by molar-refractivity contribution is -0.157. The zero-order valence-electron chi connectivity index (χ0n) is 14.4. The molecule has 0 aliphatic rings. The first-order valence-electron chi connectivity index (χ1n) is 7.55. The average Bonchev–Trinajstić information content (AvgIpc) is 3.01. The van der Waals surface area contributed by atoms with Crippen molar-refractivity contribution in [3.8, 4) is 5.88 Å². The van der Waals surface area contributed by atoms with Crippen LogP contribution in [0.2, 0.25) is 0 Å². The molecule has 138 valence electrons. The van der Waals surface area contributed by atoms with Gasteiger partial charge in [0, 0.05) is 7.05 Å². The van der Waals surface area contributed by atoms with E-state index in [4.69, 9.17) is 4.74 Å². The normalized spacial score (nSPS) is 13.2. The second kappa shape index (κ2) is 6.77. The van der Waals surface area contributed by atoms with Crippen LogP contribution in [0.5, 0.6) is 5.88 Å². The summed E-state index contributed by atoms with van der Waals surface area (Å²) in [4.78, 5) is 15.5. The van der Waals surface area contributed by atoms with Gasteiger partial charge in [0.15, 0.2) is 0 Å². The second-order valence-electron chi connectivity index (χ2n) is 5.97. The van der Waals surface area contributed by atoms with Crippen LogP contribution in [0.1, 0.15) is 42.9 Å². The van der Waals surface area contributed by atoms with Gasteiger partial charge in [0.05, 0.1) is 11.9 Å². The van der Waals surface area contributed by atoms with Crippen molar-refractivity contribution in [3.05, 3.63) is 23.5 Å². The van der Waals surface area contributed by atoms with Crippen LogP contribution < -0.4 is 10.1 Å². The van der Waals surface area contributed by atoms with Gasteiger partial charge in [-0.2, -0.15) is 13.2 Å². The highest BCUT2D eigenvalue weighted by Crippen LogP contribution is 2.31. The van der Waals surface area contributed by atoms with Gasteiger partial charge >= 0.3 is 12.1 Å². The molecule has 1 N–H and O–H groups in total. The van der Waals surface area contributed by atoms with Crippen LogP contribution in [0.15, 0.2) is 10.6 Å². The first-order chi connectivity index (χ1) is 11.5. The number of oxazole rings is 1. The molecule has 0 fully saturated rings. The summed E-state index contributed by atoms with van der Waals surface area (Å²) in [5.41, 5.74) is 0.0658. The number of aromatic nitrogens is 3. The molecule has 0 spiro atoms. The lowest BCUT2D eigenvalue weighted by Crippen LogP contribution is -2.20. The van der Waals surface area contributed by atoms with Crippen molar-refractivity contribution < 1.29 is 27.1 Å². The number of hydrogen-bond acceptors (Lipinski definition) is 5. The number of rotatable bonds is 5. The standard InChI is InChI=1S/C15H19F3N4O3/c1-7(2)9(4)24-13-10(6-22(5)21-13)20-12(23)11-8(3)19-14(25-11)15(16,17)18/h6-7,9H,1-5H3,(H,20,23). The summed E-state index contributed by atoms with van der Waals surface area (Å²) in [7, 11) is 1.63. The van der Waals surface area contributed by atoms with E-state index in [0.29, 0.717) is 0 Å². The monoisotopic (exact) mass is 360 g/mol. The Balaban J connectivity index is 2.23. The molecule has 2 aromatic heterocycles. The number of anilines is 1. The Hall–Kier alpha value is -2.52. The zero-order chi connectivity index (χ0) is 18.9. The third-order valence-corrected chi connectivity index (χ3v) is 3.52. The van der Waals surface area contributed by atoms with Crippen molar-refractivity contribution in [1.29, 1.82) is 0 Å². The number of carbonyl (C=O) groups excluding carboxylic acids is 1. The Morgan fingerprint density at radius 1 is 1.36 bits per heavy atom. The van der Waals surface area contributed by atoms with E-state index in [1.807, 2.05) is 20.8 Å². The summed E-state index contributed by atoms with van der Waals surface area (Å²) < 4.78 is 49.6. The maximum atomic E-state index is 12.6. The Morgan fingerprint density at radius 2 is 2.00 bits per heavy atom. The molecule has 25 heavy (non-hydrogen) atoms. The number of aryl methyl sites for hydroxylation is 2. The largest absolute Gasteiger partial charge is 0.472 e. The molecule has 2 heterocycles. The summed E-state index contributed by atoms with van der Waals surface area (Å²) in [6.07, 6.45) is -3.45. The fourth-order valence-electron chi connectivity index (χ4n) is 1.86. The van der Waals surface area contributed by atoms with E-state index in [1.54, 1.807) is 7.05 Å². The minimum atomic E-state index is -4.77. The Bertz CT molecular complexity index is 765. The molecule has 0 bridgehead atoms. The highest BCUT2D eigenvalue weighted by atomic mass is 19.4. The molecule has 1 amide bonds. The third-order valence-electron chi connectivity index (χ3n) is 3.52. The van der Waals surface area contributed by atoms with Crippen LogP contribution in [-0.4, -0.2) is 26.8 Å². The molecule has 10 heteroatoms. The number of ether oxygens (including phenoxy) is 1. The van der Waals surface area contributed by atoms with E-state index in [9.17, 15) is 18.0 Å². The molecule has 0 saturated heterocycles. The summed E-state index contributed by atoms with van der Waals surface area (Å²) in [6, 6.07) is 0. The van der Waals surface area contributed by atoms with Crippen molar-refractivity contribution in [3.63, 3.8) is 0 Å². The van der Waals surface area contributed by atoms with Crippen LogP contribution in [0, 0.1) is 12.8 Å². The molecule has 0 aromatic carbocycles. The lowest BCUT2D eigenvalue weighted by Gasteiger charge is -2.17. The van der Waals surface area contributed by atoms with Crippen LogP contribution in [0.25, 0.3) is 0 Å². The maximum Gasteiger partial charge on any atom is 0.468 e. The van der Waals surface area contributed by atoms with Crippen molar-refractivity contribution >= 4 is 11.6 Å². The number of hydrogen-bond donors (Lipinski definition) is 1. The quantitative estimate of drug-likeness (QED) is 0.884. The van der Waals surface area contributed by atoms with E-state index in [2.05, 4.69) is 19.8 Å². The molecule has 2 aromatic rings. The highest BCUT2D eigenvalue weighted by Gasteiger charge is 2.39. The molecule has 0 aliphatic carbocycles. The smallest absolute Gasteiger partial charge is 0.468 e. The topological polar surface area (TPSA) is 82.2 Å². The summed E-state index contributed by atoms with van der Waals surface area (Å²) >= 11 is 0. The summed E-state index contributed by atoms with van der Waals surface area (Å²) in [6.45, 7) is 7.03. The molecule has 7 nitrogen and oxygen atoms in total. The fourth-order valence-corrected chi connectivity index (χ4v) is 1.86. The Labute approximate surface area is 142 Å². The van der Waals surface area contributed by atoms with Gasteiger partial charge in [-0.15, -0.1) is 5.10 Å².